The first-order valence-electron chi connectivity index (χ1n) is 13.8. The maximum Gasteiger partial charge on any atom is 0.259 e. The number of hydrogen-bond acceptors (Lipinski definition) is 6. The van der Waals surface area contributed by atoms with Crippen molar-refractivity contribution in [2.24, 2.45) is 0 Å². The molecule has 1 unspecified atom stereocenters. The first-order chi connectivity index (χ1) is 19.4. The minimum atomic E-state index is -0.506. The number of halogens is 1. The number of aromatic nitrogens is 1. The quantitative estimate of drug-likeness (QED) is 0.198. The molecular weight excluding hydrogens is 530 g/mol. The number of aliphatic hydroxyl groups excluding tert-OH is 1. The number of carbonyl (C=O) groups is 2. The van der Waals surface area contributed by atoms with Crippen LogP contribution >= 0.6 is 11.6 Å². The number of phenols is 1. The molecule has 1 aromatic heterocycles. The normalized spacial score (nSPS) is 17.5. The van der Waals surface area contributed by atoms with E-state index in [1.165, 1.54) is 19.3 Å². The molecule has 2 amide bonds. The van der Waals surface area contributed by atoms with E-state index < -0.39 is 11.8 Å². The van der Waals surface area contributed by atoms with Gasteiger partial charge in [-0.2, -0.15) is 0 Å². The van der Waals surface area contributed by atoms with E-state index in [2.05, 4.69) is 17.1 Å². The van der Waals surface area contributed by atoms with Crippen LogP contribution in [0.25, 0.3) is 32.9 Å². The molecule has 8 nitrogen and oxygen atoms in total. The number of amides is 2. The predicted octanol–water partition coefficient (Wildman–Crippen LogP) is 5.34. The van der Waals surface area contributed by atoms with E-state index in [-0.39, 0.29) is 30.0 Å². The van der Waals surface area contributed by atoms with E-state index in [0.29, 0.717) is 56.4 Å². The van der Waals surface area contributed by atoms with E-state index in [4.69, 9.17) is 16.3 Å². The van der Waals surface area contributed by atoms with Crippen molar-refractivity contribution in [2.75, 3.05) is 26.3 Å². The number of likely N-dealkylation sites (tertiary alicyclic amines) is 1. The Kier molecular flexibility index (Phi) is 7.16. The zero-order valence-corrected chi connectivity index (χ0v) is 23.1. The van der Waals surface area contributed by atoms with E-state index in [1.807, 2.05) is 16.7 Å². The molecule has 0 aliphatic carbocycles. The number of nitrogens with one attached hydrogen (secondary N) is 1. The van der Waals surface area contributed by atoms with Crippen LogP contribution in [0.15, 0.2) is 42.5 Å². The summed E-state index contributed by atoms with van der Waals surface area (Å²) in [6, 6.07) is 12.9. The van der Waals surface area contributed by atoms with E-state index in [0.717, 1.165) is 19.5 Å². The molecule has 40 heavy (non-hydrogen) atoms. The monoisotopic (exact) mass is 561 g/mol. The highest BCUT2D eigenvalue weighted by Gasteiger charge is 2.35. The molecule has 3 heterocycles. The van der Waals surface area contributed by atoms with Gasteiger partial charge < -0.3 is 24.4 Å². The summed E-state index contributed by atoms with van der Waals surface area (Å²) in [6.45, 7) is 4.86. The maximum absolute atomic E-state index is 13.1. The van der Waals surface area contributed by atoms with Crippen LogP contribution in [0.2, 0.25) is 5.02 Å². The Morgan fingerprint density at radius 1 is 1.02 bits per heavy atom. The molecule has 2 aliphatic heterocycles. The SMILES string of the molecule is CC1CCCCN1CCCOc1cc2c(cc1O)c1c3c(c(-c4ccccc4Cl)cc1n2CCO)C(=O)NC3=O. The molecule has 1 fully saturated rings. The fourth-order valence-corrected chi connectivity index (χ4v) is 6.48. The summed E-state index contributed by atoms with van der Waals surface area (Å²) in [4.78, 5) is 28.6. The molecule has 0 radical (unpaired) electrons. The largest absolute Gasteiger partial charge is 0.504 e. The van der Waals surface area contributed by atoms with Gasteiger partial charge in [0.25, 0.3) is 11.8 Å². The van der Waals surface area contributed by atoms with Crippen molar-refractivity contribution >= 4 is 45.2 Å². The van der Waals surface area contributed by atoms with Gasteiger partial charge in [-0.1, -0.05) is 36.2 Å². The van der Waals surface area contributed by atoms with Crippen molar-refractivity contribution in [3.8, 4) is 22.6 Å². The third-order valence-corrected chi connectivity index (χ3v) is 8.52. The van der Waals surface area contributed by atoms with Crippen molar-refractivity contribution in [3.05, 3.63) is 58.6 Å². The Hall–Kier alpha value is -3.59. The van der Waals surface area contributed by atoms with E-state index in [9.17, 15) is 19.8 Å². The van der Waals surface area contributed by atoms with Gasteiger partial charge in [-0.25, -0.2) is 0 Å². The van der Waals surface area contributed by atoms with E-state index >= 15 is 0 Å². The number of piperidine rings is 1. The predicted molar refractivity (Wildman–Crippen MR) is 155 cm³/mol. The molecule has 1 atom stereocenters. The summed E-state index contributed by atoms with van der Waals surface area (Å²) in [5, 5.41) is 24.9. The summed E-state index contributed by atoms with van der Waals surface area (Å²) >= 11 is 6.52. The molecule has 6 rings (SSSR count). The molecular formula is C31H32ClN3O5. The average molecular weight is 562 g/mol. The van der Waals surface area contributed by atoms with Crippen molar-refractivity contribution < 1.29 is 24.5 Å². The topological polar surface area (TPSA) is 104 Å². The van der Waals surface area contributed by atoms with Gasteiger partial charge in [-0.15, -0.1) is 0 Å². The summed E-state index contributed by atoms with van der Waals surface area (Å²) in [7, 11) is 0. The Morgan fingerprint density at radius 2 is 1.82 bits per heavy atom. The number of fused-ring (bicyclic) bond motifs is 5. The lowest BCUT2D eigenvalue weighted by molar-refractivity contribution is 0.0880. The highest BCUT2D eigenvalue weighted by atomic mass is 35.5. The second-order valence-corrected chi connectivity index (χ2v) is 11.0. The van der Waals surface area contributed by atoms with Gasteiger partial charge in [-0.3, -0.25) is 14.9 Å². The second-order valence-electron chi connectivity index (χ2n) is 10.6. The maximum atomic E-state index is 13.1. The third-order valence-electron chi connectivity index (χ3n) is 8.19. The molecule has 3 N–H and O–H groups in total. The number of phenolic OH excluding ortho intramolecular Hbond substituents is 1. The fourth-order valence-electron chi connectivity index (χ4n) is 6.24. The Morgan fingerprint density at radius 3 is 2.60 bits per heavy atom. The molecule has 4 aromatic rings. The van der Waals surface area contributed by atoms with Crippen LogP contribution in [-0.4, -0.2) is 63.8 Å². The van der Waals surface area contributed by atoms with Gasteiger partial charge in [0.1, 0.15) is 0 Å². The number of aliphatic hydroxyl groups is 1. The van der Waals surface area contributed by atoms with Crippen LogP contribution in [0.4, 0.5) is 0 Å². The lowest BCUT2D eigenvalue weighted by atomic mass is 9.93. The zero-order chi connectivity index (χ0) is 28.0. The lowest BCUT2D eigenvalue weighted by Gasteiger charge is -2.33. The van der Waals surface area contributed by atoms with Crippen LogP contribution in [-0.2, 0) is 6.54 Å². The summed E-state index contributed by atoms with van der Waals surface area (Å²) in [6.07, 6.45) is 4.56. The molecule has 9 heteroatoms. The molecule has 0 saturated carbocycles. The molecule has 1 saturated heterocycles. The highest BCUT2D eigenvalue weighted by molar-refractivity contribution is 6.36. The molecule has 3 aromatic carbocycles. The van der Waals surface area contributed by atoms with Crippen molar-refractivity contribution in [3.63, 3.8) is 0 Å². The zero-order valence-electron chi connectivity index (χ0n) is 22.4. The number of ether oxygens (including phenoxy) is 1. The first-order valence-corrected chi connectivity index (χ1v) is 14.2. The van der Waals surface area contributed by atoms with Gasteiger partial charge in [-0.05, 0) is 56.5 Å². The number of benzene rings is 3. The number of carbonyl (C=O) groups excluding carboxylic acids is 2. The summed E-state index contributed by atoms with van der Waals surface area (Å²) in [5.41, 5.74) is 2.99. The number of rotatable bonds is 8. The standard InChI is InChI=1S/C31H32ClN3O5/c1-18-7-4-5-10-34(18)11-6-14-40-26-17-23-21(16-25(26)37)27-24(35(23)12-13-36)15-20(19-8-2-3-9-22(19)32)28-29(27)31(39)33-30(28)38/h2-3,8-9,15-18,36-37H,4-7,10-14H2,1H3,(H,33,38,39). The van der Waals surface area contributed by atoms with Crippen molar-refractivity contribution in [2.45, 2.75) is 45.2 Å². The first kappa shape index (κ1) is 26.6. The molecule has 2 aliphatic rings. The van der Waals surface area contributed by atoms with E-state index in [1.54, 1.807) is 30.3 Å². The molecule has 208 valence electrons. The fraction of sp³-hybridized carbons (Fsp3) is 0.355. The lowest BCUT2D eigenvalue weighted by Crippen LogP contribution is -2.38. The van der Waals surface area contributed by atoms with Crippen LogP contribution in [0, 0.1) is 0 Å². The van der Waals surface area contributed by atoms with Crippen molar-refractivity contribution in [1.82, 2.24) is 14.8 Å². The number of hydrogen-bond donors (Lipinski definition) is 3. The van der Waals surface area contributed by atoms with Crippen LogP contribution in [0.5, 0.6) is 11.5 Å². The minimum Gasteiger partial charge on any atom is -0.504 e. The van der Waals surface area contributed by atoms with Gasteiger partial charge in [0.15, 0.2) is 11.5 Å². The van der Waals surface area contributed by atoms with Gasteiger partial charge >= 0.3 is 0 Å². The molecule has 0 bridgehead atoms. The Bertz CT molecular complexity index is 1650. The Labute approximate surface area is 237 Å². The van der Waals surface area contributed by atoms with Crippen LogP contribution in [0.1, 0.15) is 53.3 Å². The smallest absolute Gasteiger partial charge is 0.259 e. The number of aromatic hydroxyl groups is 1. The average Bonchev–Trinajstić information content (AvgIpc) is 3.40. The molecule has 0 spiro atoms. The van der Waals surface area contributed by atoms with Crippen molar-refractivity contribution in [1.29, 1.82) is 0 Å². The highest BCUT2D eigenvalue weighted by Crippen LogP contribution is 2.44. The summed E-state index contributed by atoms with van der Waals surface area (Å²) < 4.78 is 7.93. The Balaban J connectivity index is 1.44. The third kappa shape index (κ3) is 4.50. The second kappa shape index (κ2) is 10.8. The number of imide groups is 1. The van der Waals surface area contributed by atoms with Gasteiger partial charge in [0.05, 0.1) is 35.4 Å². The number of nitrogens with zero attached hydrogens (tertiary/aromatic N) is 2. The minimum absolute atomic E-state index is 0.0458. The van der Waals surface area contributed by atoms with Gasteiger partial charge in [0, 0.05) is 46.6 Å². The van der Waals surface area contributed by atoms with Crippen LogP contribution in [0.3, 0.4) is 0 Å². The summed E-state index contributed by atoms with van der Waals surface area (Å²) in [5.74, 6) is -0.707. The van der Waals surface area contributed by atoms with Gasteiger partial charge in [0.2, 0.25) is 0 Å². The van der Waals surface area contributed by atoms with Crippen LogP contribution < -0.4 is 10.1 Å².